The number of aromatic carboxylic acids is 1. The second kappa shape index (κ2) is 4.46. The van der Waals surface area contributed by atoms with Crippen molar-refractivity contribution in [2.45, 2.75) is 12.5 Å². The summed E-state index contributed by atoms with van der Waals surface area (Å²) >= 11 is 3.27. The number of nitrogens with zero attached hydrogens (tertiary/aromatic N) is 1. The molecule has 0 spiro atoms. The van der Waals surface area contributed by atoms with E-state index in [2.05, 4.69) is 15.9 Å². The fraction of sp³-hybridized carbons (Fsp3) is 0.273. The monoisotopic (exact) mass is 299 g/mol. The number of carboxylic acid groups (broad SMARTS) is 1. The first-order chi connectivity index (χ1) is 7.99. The van der Waals surface area contributed by atoms with E-state index in [0.717, 1.165) is 0 Å². The Morgan fingerprint density at radius 3 is 2.71 bits per heavy atom. The van der Waals surface area contributed by atoms with Gasteiger partial charge in [-0.1, -0.05) is 0 Å². The Bertz CT molecular complexity index is 488. The maximum absolute atomic E-state index is 11.6. The number of hydrogen-bond donors (Lipinski definition) is 2. The molecular weight excluding hydrogens is 290 g/mol. The number of carbonyl (C=O) groups excluding carboxylic acids is 1. The number of amides is 1. The number of anilines is 1. The van der Waals surface area contributed by atoms with Crippen LogP contribution in [0.15, 0.2) is 22.7 Å². The molecule has 0 aliphatic carbocycles. The smallest absolute Gasteiger partial charge is 0.335 e. The van der Waals surface area contributed by atoms with Gasteiger partial charge in [-0.05, 0) is 34.1 Å². The van der Waals surface area contributed by atoms with E-state index in [1.165, 1.54) is 17.0 Å². The van der Waals surface area contributed by atoms with Crippen LogP contribution in [0.4, 0.5) is 5.69 Å². The van der Waals surface area contributed by atoms with Crippen molar-refractivity contribution >= 4 is 33.5 Å². The predicted molar refractivity (Wildman–Crippen MR) is 64.1 cm³/mol. The molecular formula is C11H10BrNO4. The van der Waals surface area contributed by atoms with Gasteiger partial charge < -0.3 is 15.1 Å². The van der Waals surface area contributed by atoms with Crippen molar-refractivity contribution in [1.82, 2.24) is 0 Å². The van der Waals surface area contributed by atoms with Gasteiger partial charge in [0.25, 0.3) is 0 Å². The molecule has 90 valence electrons. The summed E-state index contributed by atoms with van der Waals surface area (Å²) in [7, 11) is 0. The fourth-order valence-corrected chi connectivity index (χ4v) is 2.23. The van der Waals surface area contributed by atoms with E-state index in [1.54, 1.807) is 6.07 Å². The SMILES string of the molecule is O=C(O)c1ccc(Br)c(N2CC(O)CC2=O)c1. The summed E-state index contributed by atoms with van der Waals surface area (Å²) in [4.78, 5) is 23.9. The molecule has 1 aromatic carbocycles. The Labute approximate surface area is 106 Å². The summed E-state index contributed by atoms with van der Waals surface area (Å²) in [6, 6.07) is 4.45. The highest BCUT2D eigenvalue weighted by molar-refractivity contribution is 9.10. The summed E-state index contributed by atoms with van der Waals surface area (Å²) in [6.45, 7) is 0.195. The summed E-state index contributed by atoms with van der Waals surface area (Å²) in [6.07, 6.45) is -0.619. The van der Waals surface area contributed by atoms with Gasteiger partial charge in [0.2, 0.25) is 5.91 Å². The third kappa shape index (κ3) is 2.32. The molecule has 2 rings (SSSR count). The molecule has 1 amide bonds. The number of benzene rings is 1. The molecule has 1 unspecified atom stereocenters. The predicted octanol–water partition coefficient (Wildman–Crippen LogP) is 1.24. The Morgan fingerprint density at radius 1 is 1.47 bits per heavy atom. The third-order valence-electron chi connectivity index (χ3n) is 2.59. The molecule has 1 fully saturated rings. The van der Waals surface area contributed by atoms with Crippen LogP contribution in [0.3, 0.4) is 0 Å². The standard InChI is InChI=1S/C11H10BrNO4/c12-8-2-1-6(11(16)17)3-9(8)13-5-7(14)4-10(13)15/h1-3,7,14H,4-5H2,(H,16,17). The molecule has 0 saturated carbocycles. The molecule has 0 bridgehead atoms. The molecule has 1 heterocycles. The van der Waals surface area contributed by atoms with Gasteiger partial charge in [-0.15, -0.1) is 0 Å². The van der Waals surface area contributed by atoms with Crippen molar-refractivity contribution in [1.29, 1.82) is 0 Å². The molecule has 17 heavy (non-hydrogen) atoms. The number of halogens is 1. The highest BCUT2D eigenvalue weighted by Crippen LogP contribution is 2.30. The average molecular weight is 300 g/mol. The van der Waals surface area contributed by atoms with Crippen LogP contribution >= 0.6 is 15.9 Å². The third-order valence-corrected chi connectivity index (χ3v) is 3.26. The number of β-amino-alcohol motifs (C(OH)–C–C–N with tert-alkyl or cyclic N) is 1. The van der Waals surface area contributed by atoms with Crippen LogP contribution < -0.4 is 4.90 Å². The number of aliphatic hydroxyl groups excluding tert-OH is 1. The first kappa shape index (κ1) is 12.1. The van der Waals surface area contributed by atoms with Crippen LogP contribution in [-0.4, -0.2) is 34.7 Å². The quantitative estimate of drug-likeness (QED) is 0.861. The van der Waals surface area contributed by atoms with Gasteiger partial charge in [0.05, 0.1) is 30.3 Å². The van der Waals surface area contributed by atoms with Crippen LogP contribution in [0.25, 0.3) is 0 Å². The Morgan fingerprint density at radius 2 is 2.18 bits per heavy atom. The zero-order valence-electron chi connectivity index (χ0n) is 8.76. The first-order valence-electron chi connectivity index (χ1n) is 5.00. The van der Waals surface area contributed by atoms with Gasteiger partial charge in [-0.2, -0.15) is 0 Å². The Balaban J connectivity index is 2.41. The molecule has 6 heteroatoms. The number of carboxylic acids is 1. The first-order valence-corrected chi connectivity index (χ1v) is 5.79. The maximum Gasteiger partial charge on any atom is 0.335 e. The van der Waals surface area contributed by atoms with Crippen LogP contribution in [0.1, 0.15) is 16.8 Å². The maximum atomic E-state index is 11.6. The van der Waals surface area contributed by atoms with Crippen molar-refractivity contribution in [2.24, 2.45) is 0 Å². The lowest BCUT2D eigenvalue weighted by Crippen LogP contribution is -2.25. The second-order valence-corrected chi connectivity index (χ2v) is 4.69. The van der Waals surface area contributed by atoms with Gasteiger partial charge in [-0.3, -0.25) is 4.79 Å². The van der Waals surface area contributed by atoms with Crippen LogP contribution in [0.2, 0.25) is 0 Å². The molecule has 1 aliphatic heterocycles. The van der Waals surface area contributed by atoms with Gasteiger partial charge >= 0.3 is 5.97 Å². The van der Waals surface area contributed by atoms with E-state index in [-0.39, 0.29) is 24.4 Å². The zero-order valence-corrected chi connectivity index (χ0v) is 10.3. The Kier molecular flexibility index (Phi) is 3.17. The van der Waals surface area contributed by atoms with Crippen molar-refractivity contribution in [3.8, 4) is 0 Å². The van der Waals surface area contributed by atoms with E-state index in [4.69, 9.17) is 5.11 Å². The minimum Gasteiger partial charge on any atom is -0.478 e. The number of aliphatic hydroxyl groups is 1. The number of rotatable bonds is 2. The van der Waals surface area contributed by atoms with E-state index >= 15 is 0 Å². The minimum absolute atomic E-state index is 0.0732. The van der Waals surface area contributed by atoms with Crippen LogP contribution in [0, 0.1) is 0 Å². The van der Waals surface area contributed by atoms with Crippen LogP contribution in [-0.2, 0) is 4.79 Å². The minimum atomic E-state index is -1.05. The van der Waals surface area contributed by atoms with Gasteiger partial charge in [0.1, 0.15) is 0 Å². The molecule has 1 saturated heterocycles. The summed E-state index contributed by atoms with van der Waals surface area (Å²) in [5.74, 6) is -1.26. The molecule has 0 aromatic heterocycles. The average Bonchev–Trinajstić information content (AvgIpc) is 2.58. The normalized spacial score (nSPS) is 19.8. The van der Waals surface area contributed by atoms with E-state index in [0.29, 0.717) is 10.2 Å². The fourth-order valence-electron chi connectivity index (χ4n) is 1.77. The van der Waals surface area contributed by atoms with Gasteiger partial charge in [0.15, 0.2) is 0 Å². The number of hydrogen-bond acceptors (Lipinski definition) is 3. The van der Waals surface area contributed by atoms with Crippen LogP contribution in [0.5, 0.6) is 0 Å². The summed E-state index contributed by atoms with van der Waals surface area (Å²) in [5, 5.41) is 18.3. The van der Waals surface area contributed by atoms with Crippen molar-refractivity contribution in [3.63, 3.8) is 0 Å². The molecule has 2 N–H and O–H groups in total. The molecule has 1 aromatic rings. The van der Waals surface area contributed by atoms with Gasteiger partial charge in [-0.25, -0.2) is 4.79 Å². The highest BCUT2D eigenvalue weighted by atomic mass is 79.9. The van der Waals surface area contributed by atoms with E-state index in [1.807, 2.05) is 0 Å². The second-order valence-electron chi connectivity index (χ2n) is 3.83. The van der Waals surface area contributed by atoms with Crippen molar-refractivity contribution < 1.29 is 19.8 Å². The topological polar surface area (TPSA) is 77.8 Å². The zero-order chi connectivity index (χ0) is 12.6. The molecule has 1 atom stereocenters. The summed E-state index contributed by atoms with van der Waals surface area (Å²) < 4.78 is 0.630. The molecule has 1 aliphatic rings. The van der Waals surface area contributed by atoms with E-state index < -0.39 is 12.1 Å². The van der Waals surface area contributed by atoms with E-state index in [9.17, 15) is 14.7 Å². The van der Waals surface area contributed by atoms with Gasteiger partial charge in [0, 0.05) is 4.47 Å². The molecule has 5 nitrogen and oxygen atoms in total. The molecule has 0 radical (unpaired) electrons. The lowest BCUT2D eigenvalue weighted by atomic mass is 10.2. The highest BCUT2D eigenvalue weighted by Gasteiger charge is 2.30. The lowest BCUT2D eigenvalue weighted by Gasteiger charge is -2.18. The summed E-state index contributed by atoms with van der Waals surface area (Å²) in [5.41, 5.74) is 0.587. The lowest BCUT2D eigenvalue weighted by molar-refractivity contribution is -0.117. The largest absolute Gasteiger partial charge is 0.478 e. The van der Waals surface area contributed by atoms with Crippen molar-refractivity contribution in [3.05, 3.63) is 28.2 Å². The van der Waals surface area contributed by atoms with Crippen molar-refractivity contribution in [2.75, 3.05) is 11.4 Å². The Hall–Kier alpha value is -1.40. The number of carbonyl (C=O) groups is 2.